The van der Waals surface area contributed by atoms with Crippen molar-refractivity contribution in [2.45, 2.75) is 20.8 Å². The molecule has 0 nitrogen and oxygen atoms in total. The minimum atomic E-state index is 0. The summed E-state index contributed by atoms with van der Waals surface area (Å²) in [6, 6.07) is 32.8. The van der Waals surface area contributed by atoms with E-state index in [1.165, 1.54) is 16.7 Å². The topological polar surface area (TPSA) is 0 Å². The predicted octanol–water partition coefficient (Wildman–Crippen LogP) is 5.25. The van der Waals surface area contributed by atoms with Crippen LogP contribution in [0.3, 0.4) is 0 Å². The molecule has 3 aromatic carbocycles. The molecule has 111 valence electrons. The molecule has 0 fully saturated rings. The van der Waals surface area contributed by atoms with Crippen molar-refractivity contribution in [3.8, 4) is 0 Å². The molecule has 7 radical (unpaired) electrons. The predicted molar refractivity (Wildman–Crippen MR) is 97.9 cm³/mol. The Hall–Kier alpha value is -1.54. The van der Waals surface area contributed by atoms with Crippen LogP contribution in [0.25, 0.3) is 0 Å². The van der Waals surface area contributed by atoms with Gasteiger partial charge in [0.05, 0.1) is 0 Å². The molecule has 0 amide bonds. The quantitative estimate of drug-likeness (QED) is 0.457. The number of aryl methyl sites for hydroxylation is 3. The maximum absolute atomic E-state index is 3.03. The van der Waals surface area contributed by atoms with Crippen molar-refractivity contribution in [1.82, 2.24) is 0 Å². The summed E-state index contributed by atoms with van der Waals surface area (Å²) in [5.41, 5.74) is 3.59. The van der Waals surface area contributed by atoms with E-state index in [4.69, 9.17) is 0 Å². The van der Waals surface area contributed by atoms with Crippen LogP contribution >= 0.6 is 0 Å². The molecule has 0 bridgehead atoms. The van der Waals surface area contributed by atoms with Gasteiger partial charge >= 0.3 is 0 Å². The van der Waals surface area contributed by atoms with Crippen molar-refractivity contribution in [3.63, 3.8) is 0 Å². The molecule has 22 heavy (non-hydrogen) atoms. The maximum Gasteiger partial charge on any atom is 0 e. The first-order chi connectivity index (χ1) is 10.2. The molecule has 0 aliphatic rings. The number of hydrogen-bond acceptors (Lipinski definition) is 0. The molecule has 0 aromatic heterocycles. The molecule has 0 spiro atoms. The Kier molecular flexibility index (Phi) is 12.2. The van der Waals surface area contributed by atoms with Crippen molar-refractivity contribution in [2.24, 2.45) is 0 Å². The molecule has 0 N–H and O–H groups in total. The third-order valence-electron chi connectivity index (χ3n) is 2.59. The summed E-state index contributed by atoms with van der Waals surface area (Å²) in [5.74, 6) is 0. The van der Waals surface area contributed by atoms with E-state index in [2.05, 4.69) is 18.2 Å². The SMILES string of the molecule is Cc1[c]cccc1.Cc1[c]cccc1.Cc1[c]cccc1.[HH].[Sn]. The van der Waals surface area contributed by atoms with E-state index in [0.717, 1.165) is 0 Å². The van der Waals surface area contributed by atoms with Crippen molar-refractivity contribution >= 4 is 23.9 Å². The first-order valence-corrected chi connectivity index (χ1v) is 6.98. The Morgan fingerprint density at radius 2 is 0.818 bits per heavy atom. The van der Waals surface area contributed by atoms with Crippen LogP contribution in [0.4, 0.5) is 0 Å². The molecule has 3 aromatic rings. The van der Waals surface area contributed by atoms with Crippen LogP contribution in [0.1, 0.15) is 18.1 Å². The van der Waals surface area contributed by atoms with Crippen LogP contribution in [-0.4, -0.2) is 23.9 Å². The van der Waals surface area contributed by atoms with E-state index in [1.807, 2.05) is 93.6 Å². The Bertz CT molecular complexity index is 491. The molecule has 3 rings (SSSR count). The van der Waals surface area contributed by atoms with E-state index >= 15 is 0 Å². The van der Waals surface area contributed by atoms with Crippen LogP contribution in [0, 0.1) is 39.0 Å². The fraction of sp³-hybridized carbons (Fsp3) is 0.143. The number of hydrogen-bond donors (Lipinski definition) is 0. The van der Waals surface area contributed by atoms with E-state index in [0.29, 0.717) is 0 Å². The maximum atomic E-state index is 3.03. The molecule has 0 unspecified atom stereocenters. The Labute approximate surface area is 153 Å². The molecular weight excluding hydrogens is 371 g/mol. The van der Waals surface area contributed by atoms with Crippen LogP contribution < -0.4 is 0 Å². The van der Waals surface area contributed by atoms with Crippen LogP contribution in [0.15, 0.2) is 72.8 Å². The monoisotopic (exact) mass is 395 g/mol. The van der Waals surface area contributed by atoms with Crippen molar-refractivity contribution in [1.29, 1.82) is 0 Å². The summed E-state index contributed by atoms with van der Waals surface area (Å²) in [7, 11) is 0. The van der Waals surface area contributed by atoms with Gasteiger partial charge < -0.3 is 0 Å². The van der Waals surface area contributed by atoms with Crippen LogP contribution in [0.2, 0.25) is 0 Å². The summed E-state index contributed by atoms with van der Waals surface area (Å²) in [6.07, 6.45) is 0. The fourth-order valence-electron chi connectivity index (χ4n) is 1.45. The smallest absolute Gasteiger partial charge is 0 e. The van der Waals surface area contributed by atoms with Gasteiger partial charge in [0.25, 0.3) is 0 Å². The van der Waals surface area contributed by atoms with Gasteiger partial charge in [-0.15, -0.1) is 0 Å². The molecule has 0 atom stereocenters. The van der Waals surface area contributed by atoms with Gasteiger partial charge in [0, 0.05) is 25.3 Å². The van der Waals surface area contributed by atoms with Gasteiger partial charge in [-0.25, -0.2) is 0 Å². The first kappa shape index (κ1) is 20.5. The van der Waals surface area contributed by atoms with Crippen molar-refractivity contribution in [2.75, 3.05) is 0 Å². The van der Waals surface area contributed by atoms with Crippen LogP contribution in [-0.2, 0) is 0 Å². The van der Waals surface area contributed by atoms with Crippen LogP contribution in [0.5, 0.6) is 0 Å². The van der Waals surface area contributed by atoms with E-state index in [9.17, 15) is 0 Å². The summed E-state index contributed by atoms with van der Waals surface area (Å²) in [6.45, 7) is 6.08. The first-order valence-electron chi connectivity index (χ1n) is 6.98. The summed E-state index contributed by atoms with van der Waals surface area (Å²) in [4.78, 5) is 0. The minimum Gasteiger partial charge on any atom is -0.0620 e. The molecular formula is C21H23Sn. The van der Waals surface area contributed by atoms with Gasteiger partial charge in [-0.05, 0) is 55.7 Å². The molecule has 0 aliphatic carbocycles. The average molecular weight is 394 g/mol. The number of rotatable bonds is 0. The van der Waals surface area contributed by atoms with Gasteiger partial charge in [0.1, 0.15) is 0 Å². The molecule has 0 heterocycles. The molecule has 0 aliphatic heterocycles. The third kappa shape index (κ3) is 11.2. The summed E-state index contributed by atoms with van der Waals surface area (Å²) >= 11 is 0. The zero-order valence-electron chi connectivity index (χ0n) is 13.4. The average Bonchev–Trinajstić information content (AvgIpc) is 2.51. The normalized spacial score (nSPS) is 8.32. The van der Waals surface area contributed by atoms with Crippen molar-refractivity contribution in [3.05, 3.63) is 108 Å². The zero-order valence-corrected chi connectivity index (χ0v) is 16.3. The van der Waals surface area contributed by atoms with Gasteiger partial charge in [-0.2, -0.15) is 0 Å². The van der Waals surface area contributed by atoms with Crippen molar-refractivity contribution < 1.29 is 1.43 Å². The Balaban J connectivity index is 0. The zero-order chi connectivity index (χ0) is 15.3. The Morgan fingerprint density at radius 1 is 0.545 bits per heavy atom. The Morgan fingerprint density at radius 3 is 0.909 bits per heavy atom. The van der Waals surface area contributed by atoms with E-state index in [1.54, 1.807) is 0 Å². The molecule has 0 saturated heterocycles. The third-order valence-corrected chi connectivity index (χ3v) is 2.59. The standard InChI is InChI=1S/3C7H7.Sn.H2/c3*1-7-5-3-2-4-6-7;;/h3*2-5H,1H3;;1H. The van der Waals surface area contributed by atoms with Gasteiger partial charge in [-0.1, -0.05) is 72.8 Å². The summed E-state index contributed by atoms with van der Waals surface area (Å²) in [5, 5.41) is 0. The molecule has 0 saturated carbocycles. The second-order valence-corrected chi connectivity index (χ2v) is 4.64. The van der Waals surface area contributed by atoms with E-state index in [-0.39, 0.29) is 25.3 Å². The minimum absolute atomic E-state index is 0. The fourth-order valence-corrected chi connectivity index (χ4v) is 1.45. The van der Waals surface area contributed by atoms with Gasteiger partial charge in [0.2, 0.25) is 0 Å². The van der Waals surface area contributed by atoms with E-state index < -0.39 is 0 Å². The second kappa shape index (κ2) is 13.1. The molecule has 1 heteroatoms. The van der Waals surface area contributed by atoms with Gasteiger partial charge in [-0.3, -0.25) is 0 Å². The summed E-state index contributed by atoms with van der Waals surface area (Å²) < 4.78 is 0. The van der Waals surface area contributed by atoms with Gasteiger partial charge in [0.15, 0.2) is 0 Å². The number of benzene rings is 3. The second-order valence-electron chi connectivity index (χ2n) is 4.64. The largest absolute Gasteiger partial charge is 0.0620 e.